The van der Waals surface area contributed by atoms with E-state index in [4.69, 9.17) is 9.26 Å². The number of ether oxygens (including phenoxy) is 1. The molecule has 182 valence electrons. The van der Waals surface area contributed by atoms with Crippen LogP contribution in [0.5, 0.6) is 0 Å². The van der Waals surface area contributed by atoms with Crippen LogP contribution in [0.3, 0.4) is 0 Å². The first-order chi connectivity index (χ1) is 15.9. The predicted molar refractivity (Wildman–Crippen MR) is 128 cm³/mol. The SMILES string of the molecule is Cc1noc(C)c1-c1cc(S(=O)(=O)N[C@@H]2CCC[C@H]2NC(=O)OC(C)(C)C)c2cccnc2c1. The highest BCUT2D eigenvalue weighted by molar-refractivity contribution is 7.89. The Morgan fingerprint density at radius 2 is 1.91 bits per heavy atom. The fraction of sp³-hybridized carbons (Fsp3) is 0.458. The standard InChI is InChI=1S/C24H30N4O5S/c1-14-22(15(2)33-27-14)16-12-20-17(8-7-11-25-20)21(13-16)34(30,31)28-19-10-6-9-18(19)26-23(29)32-24(3,4)5/h7-8,11-13,18-19,28H,6,9-10H2,1-5H3,(H,26,29)/t18-,19-/m1/s1. The molecule has 4 rings (SSSR count). The summed E-state index contributed by atoms with van der Waals surface area (Å²) < 4.78 is 40.7. The number of fused-ring (bicyclic) bond motifs is 1. The van der Waals surface area contributed by atoms with E-state index < -0.39 is 27.8 Å². The second kappa shape index (κ2) is 8.99. The van der Waals surface area contributed by atoms with Crippen molar-refractivity contribution in [2.24, 2.45) is 0 Å². The molecule has 1 aliphatic carbocycles. The van der Waals surface area contributed by atoms with Crippen molar-refractivity contribution in [3.8, 4) is 11.1 Å². The minimum absolute atomic E-state index is 0.121. The van der Waals surface area contributed by atoms with Gasteiger partial charge < -0.3 is 14.6 Å². The lowest BCUT2D eigenvalue weighted by atomic mass is 10.0. The fourth-order valence-electron chi connectivity index (χ4n) is 4.41. The second-order valence-electron chi connectivity index (χ2n) is 9.66. The average Bonchev–Trinajstić information content (AvgIpc) is 3.30. The van der Waals surface area contributed by atoms with Crippen LogP contribution in [0, 0.1) is 13.8 Å². The number of carbonyl (C=O) groups is 1. The molecule has 0 aliphatic heterocycles. The zero-order valence-electron chi connectivity index (χ0n) is 20.0. The van der Waals surface area contributed by atoms with Crippen molar-refractivity contribution in [2.75, 3.05) is 0 Å². The molecule has 2 aromatic heterocycles. The van der Waals surface area contributed by atoms with E-state index in [0.717, 1.165) is 12.0 Å². The predicted octanol–water partition coefficient (Wildman–Crippen LogP) is 4.23. The van der Waals surface area contributed by atoms with Crippen molar-refractivity contribution in [3.63, 3.8) is 0 Å². The van der Waals surface area contributed by atoms with E-state index in [9.17, 15) is 13.2 Å². The summed E-state index contributed by atoms with van der Waals surface area (Å²) in [5.74, 6) is 0.599. The maximum absolute atomic E-state index is 13.6. The van der Waals surface area contributed by atoms with Crippen LogP contribution in [0.1, 0.15) is 51.5 Å². The lowest BCUT2D eigenvalue weighted by Gasteiger charge is -2.25. The molecule has 9 nitrogen and oxygen atoms in total. The van der Waals surface area contributed by atoms with E-state index in [1.807, 2.05) is 13.0 Å². The van der Waals surface area contributed by atoms with Gasteiger partial charge in [0.05, 0.1) is 16.1 Å². The summed E-state index contributed by atoms with van der Waals surface area (Å²) in [6, 6.07) is 6.10. The number of nitrogens with one attached hydrogen (secondary N) is 2. The van der Waals surface area contributed by atoms with Crippen LogP contribution in [-0.4, -0.2) is 42.3 Å². The Bertz CT molecular complexity index is 1310. The van der Waals surface area contributed by atoms with E-state index in [-0.39, 0.29) is 10.9 Å². The van der Waals surface area contributed by atoms with E-state index in [1.54, 1.807) is 52.1 Å². The van der Waals surface area contributed by atoms with E-state index in [1.165, 1.54) is 0 Å². The Kier molecular flexibility index (Phi) is 6.39. The van der Waals surface area contributed by atoms with Crippen molar-refractivity contribution < 1.29 is 22.5 Å². The van der Waals surface area contributed by atoms with Gasteiger partial charge in [-0.15, -0.1) is 0 Å². The molecular weight excluding hydrogens is 456 g/mol. The maximum atomic E-state index is 13.6. The fourth-order valence-corrected chi connectivity index (χ4v) is 5.96. The van der Waals surface area contributed by atoms with Crippen LogP contribution in [0.4, 0.5) is 4.79 Å². The summed E-state index contributed by atoms with van der Waals surface area (Å²) in [7, 11) is -3.95. The minimum atomic E-state index is -3.95. The molecule has 0 spiro atoms. The third kappa shape index (κ3) is 5.07. The van der Waals surface area contributed by atoms with Crippen LogP contribution in [0.25, 0.3) is 22.0 Å². The van der Waals surface area contributed by atoms with Gasteiger partial charge in [0.25, 0.3) is 0 Å². The molecule has 34 heavy (non-hydrogen) atoms. The van der Waals surface area contributed by atoms with Gasteiger partial charge >= 0.3 is 6.09 Å². The van der Waals surface area contributed by atoms with Gasteiger partial charge in [0.1, 0.15) is 11.4 Å². The summed E-state index contributed by atoms with van der Waals surface area (Å²) in [6.07, 6.45) is 3.13. The molecule has 0 bridgehead atoms. The Balaban J connectivity index is 1.67. The lowest BCUT2D eigenvalue weighted by Crippen LogP contribution is -2.49. The second-order valence-corrected chi connectivity index (χ2v) is 11.3. The molecule has 2 heterocycles. The molecule has 0 radical (unpaired) electrons. The molecule has 2 N–H and O–H groups in total. The Morgan fingerprint density at radius 3 is 2.59 bits per heavy atom. The van der Waals surface area contributed by atoms with Gasteiger partial charge in [0.15, 0.2) is 0 Å². The van der Waals surface area contributed by atoms with Crippen molar-refractivity contribution in [1.82, 2.24) is 20.2 Å². The number of benzene rings is 1. The summed E-state index contributed by atoms with van der Waals surface area (Å²) in [6.45, 7) is 8.95. The molecule has 1 aliphatic rings. The van der Waals surface area contributed by atoms with Gasteiger partial charge in [0.2, 0.25) is 10.0 Å². The molecule has 1 amide bonds. The summed E-state index contributed by atoms with van der Waals surface area (Å²) >= 11 is 0. The molecule has 0 saturated heterocycles. The number of aromatic nitrogens is 2. The molecular formula is C24H30N4O5S. The Morgan fingerprint density at radius 1 is 1.18 bits per heavy atom. The van der Waals surface area contributed by atoms with Gasteiger partial charge in [-0.05, 0) is 83.7 Å². The smallest absolute Gasteiger partial charge is 0.407 e. The van der Waals surface area contributed by atoms with Gasteiger partial charge in [-0.3, -0.25) is 4.98 Å². The molecule has 1 aromatic carbocycles. The number of nitrogens with zero attached hydrogens (tertiary/aromatic N) is 2. The third-order valence-electron chi connectivity index (χ3n) is 5.82. The topological polar surface area (TPSA) is 123 Å². The molecule has 2 atom stereocenters. The largest absolute Gasteiger partial charge is 0.444 e. The minimum Gasteiger partial charge on any atom is -0.444 e. The van der Waals surface area contributed by atoms with Crippen LogP contribution < -0.4 is 10.0 Å². The van der Waals surface area contributed by atoms with E-state index in [2.05, 4.69) is 20.2 Å². The highest BCUT2D eigenvalue weighted by atomic mass is 32.2. The normalized spacial score (nSPS) is 18.9. The average molecular weight is 487 g/mol. The molecule has 3 aromatic rings. The van der Waals surface area contributed by atoms with Crippen LogP contribution in [0.15, 0.2) is 39.9 Å². The number of pyridine rings is 1. The van der Waals surface area contributed by atoms with Crippen LogP contribution in [0.2, 0.25) is 0 Å². The van der Waals surface area contributed by atoms with Gasteiger partial charge in [-0.1, -0.05) is 5.16 Å². The van der Waals surface area contributed by atoms with Crippen LogP contribution in [-0.2, 0) is 14.8 Å². The number of aryl methyl sites for hydroxylation is 2. The number of alkyl carbamates (subject to hydrolysis) is 1. The van der Waals surface area contributed by atoms with Crippen LogP contribution >= 0.6 is 0 Å². The highest BCUT2D eigenvalue weighted by Crippen LogP contribution is 2.33. The summed E-state index contributed by atoms with van der Waals surface area (Å²) in [5.41, 5.74) is 1.99. The van der Waals surface area contributed by atoms with Gasteiger partial charge in [-0.25, -0.2) is 17.9 Å². The summed E-state index contributed by atoms with van der Waals surface area (Å²) in [5, 5.41) is 7.34. The van der Waals surface area contributed by atoms with E-state index in [0.29, 0.717) is 40.8 Å². The molecule has 1 saturated carbocycles. The Labute approximate surface area is 199 Å². The first-order valence-electron chi connectivity index (χ1n) is 11.3. The first-order valence-corrected chi connectivity index (χ1v) is 12.8. The molecule has 10 heteroatoms. The third-order valence-corrected chi connectivity index (χ3v) is 7.35. The Hall–Kier alpha value is -2.98. The number of hydrogen-bond donors (Lipinski definition) is 2. The number of amides is 1. The molecule has 0 unspecified atom stereocenters. The number of carbonyl (C=O) groups excluding carboxylic acids is 1. The lowest BCUT2D eigenvalue weighted by molar-refractivity contribution is 0.0500. The van der Waals surface area contributed by atoms with Gasteiger partial charge in [0, 0.05) is 29.2 Å². The molecule has 1 fully saturated rings. The number of sulfonamides is 1. The number of rotatable bonds is 5. The zero-order chi connectivity index (χ0) is 24.7. The van der Waals surface area contributed by atoms with Gasteiger partial charge in [-0.2, -0.15) is 0 Å². The summed E-state index contributed by atoms with van der Waals surface area (Å²) in [4.78, 5) is 16.8. The number of hydrogen-bond acceptors (Lipinski definition) is 7. The quantitative estimate of drug-likeness (QED) is 0.553. The maximum Gasteiger partial charge on any atom is 0.407 e. The van der Waals surface area contributed by atoms with E-state index >= 15 is 0 Å². The van der Waals surface area contributed by atoms with Crippen molar-refractivity contribution in [2.45, 2.75) is 76.5 Å². The van der Waals surface area contributed by atoms with Crippen molar-refractivity contribution in [3.05, 3.63) is 41.9 Å². The van der Waals surface area contributed by atoms with Crippen molar-refractivity contribution >= 4 is 27.0 Å². The monoisotopic (exact) mass is 486 g/mol. The first kappa shape index (κ1) is 24.2. The zero-order valence-corrected chi connectivity index (χ0v) is 20.8. The highest BCUT2D eigenvalue weighted by Gasteiger charge is 2.34. The van der Waals surface area contributed by atoms with Crippen molar-refractivity contribution in [1.29, 1.82) is 0 Å².